The SMILES string of the molecule is CN1CCN(c2nc(OCC(F)(F)F)ccc2CN)CC1.Cl. The van der Waals surface area contributed by atoms with Gasteiger partial charge in [0.15, 0.2) is 6.61 Å². The molecule has 1 fully saturated rings. The van der Waals surface area contributed by atoms with Crippen molar-refractivity contribution in [2.75, 3.05) is 44.7 Å². The second kappa shape index (κ2) is 7.85. The minimum absolute atomic E-state index is 0. The molecule has 126 valence electrons. The summed E-state index contributed by atoms with van der Waals surface area (Å²) in [4.78, 5) is 8.41. The fraction of sp³-hybridized carbons (Fsp3) is 0.615. The Kier molecular flexibility index (Phi) is 6.70. The number of aromatic nitrogens is 1. The van der Waals surface area contributed by atoms with Crippen LogP contribution in [0.3, 0.4) is 0 Å². The molecule has 0 atom stereocenters. The zero-order chi connectivity index (χ0) is 15.5. The summed E-state index contributed by atoms with van der Waals surface area (Å²) in [5.74, 6) is 0.587. The van der Waals surface area contributed by atoms with Crippen molar-refractivity contribution in [3.05, 3.63) is 17.7 Å². The largest absolute Gasteiger partial charge is 0.468 e. The molecule has 2 heterocycles. The lowest BCUT2D eigenvalue weighted by atomic mass is 10.2. The smallest absolute Gasteiger partial charge is 0.422 e. The first-order chi connectivity index (χ1) is 9.89. The highest BCUT2D eigenvalue weighted by atomic mass is 35.5. The lowest BCUT2D eigenvalue weighted by Crippen LogP contribution is -2.45. The van der Waals surface area contributed by atoms with Crippen LogP contribution in [-0.2, 0) is 6.54 Å². The van der Waals surface area contributed by atoms with Gasteiger partial charge in [0.05, 0.1) is 0 Å². The van der Waals surface area contributed by atoms with Crippen molar-refractivity contribution in [1.29, 1.82) is 0 Å². The van der Waals surface area contributed by atoms with Crippen LogP contribution in [0.4, 0.5) is 19.0 Å². The topological polar surface area (TPSA) is 54.6 Å². The third kappa shape index (κ3) is 5.19. The molecule has 1 aromatic rings. The number of pyridine rings is 1. The van der Waals surface area contributed by atoms with Gasteiger partial charge >= 0.3 is 6.18 Å². The van der Waals surface area contributed by atoms with Gasteiger partial charge in [-0.2, -0.15) is 18.2 Å². The van der Waals surface area contributed by atoms with Crippen LogP contribution in [-0.4, -0.2) is 55.9 Å². The number of alkyl halides is 3. The summed E-state index contributed by atoms with van der Waals surface area (Å²) in [6, 6.07) is 3.10. The van der Waals surface area contributed by atoms with E-state index in [1.165, 1.54) is 6.07 Å². The third-order valence-electron chi connectivity index (χ3n) is 3.34. The van der Waals surface area contributed by atoms with Gasteiger partial charge in [0.1, 0.15) is 5.82 Å². The van der Waals surface area contributed by atoms with Crippen LogP contribution >= 0.6 is 12.4 Å². The van der Waals surface area contributed by atoms with E-state index in [1.807, 2.05) is 11.9 Å². The van der Waals surface area contributed by atoms with Crippen molar-refractivity contribution in [3.8, 4) is 5.88 Å². The zero-order valence-electron chi connectivity index (χ0n) is 12.3. The number of ether oxygens (including phenoxy) is 1. The highest BCUT2D eigenvalue weighted by Gasteiger charge is 2.29. The second-order valence-electron chi connectivity index (χ2n) is 5.03. The van der Waals surface area contributed by atoms with Crippen molar-refractivity contribution in [1.82, 2.24) is 9.88 Å². The minimum Gasteiger partial charge on any atom is -0.468 e. The van der Waals surface area contributed by atoms with Crippen LogP contribution in [0.2, 0.25) is 0 Å². The molecule has 1 aliphatic rings. The number of hydrogen-bond acceptors (Lipinski definition) is 5. The molecule has 1 aliphatic heterocycles. The van der Waals surface area contributed by atoms with E-state index < -0.39 is 12.8 Å². The first-order valence-corrected chi connectivity index (χ1v) is 6.72. The number of halogens is 4. The number of likely N-dealkylation sites (N-methyl/N-ethyl adjacent to an activating group) is 1. The van der Waals surface area contributed by atoms with Gasteiger partial charge in [-0.3, -0.25) is 0 Å². The molecular formula is C13H20ClF3N4O. The van der Waals surface area contributed by atoms with E-state index in [0.717, 1.165) is 31.7 Å². The van der Waals surface area contributed by atoms with Crippen LogP contribution in [0.15, 0.2) is 12.1 Å². The molecule has 0 radical (unpaired) electrons. The second-order valence-corrected chi connectivity index (χ2v) is 5.03. The molecule has 0 unspecified atom stereocenters. The standard InChI is InChI=1S/C13H19F3N4O.ClH/c1-19-4-6-20(7-5-19)12-10(8-17)2-3-11(18-12)21-9-13(14,15)16;/h2-3H,4-9,17H2,1H3;1H. The zero-order valence-corrected chi connectivity index (χ0v) is 13.1. The molecule has 2 N–H and O–H groups in total. The van der Waals surface area contributed by atoms with E-state index in [-0.39, 0.29) is 24.8 Å². The van der Waals surface area contributed by atoms with E-state index in [1.54, 1.807) is 6.07 Å². The molecule has 1 aromatic heterocycles. The quantitative estimate of drug-likeness (QED) is 0.903. The van der Waals surface area contributed by atoms with Gasteiger partial charge in [-0.25, -0.2) is 0 Å². The van der Waals surface area contributed by atoms with Crippen molar-refractivity contribution in [2.45, 2.75) is 12.7 Å². The van der Waals surface area contributed by atoms with Gasteiger partial charge in [0.2, 0.25) is 5.88 Å². The van der Waals surface area contributed by atoms with Crippen LogP contribution < -0.4 is 15.4 Å². The van der Waals surface area contributed by atoms with E-state index in [2.05, 4.69) is 9.88 Å². The molecule has 2 rings (SSSR count). The van der Waals surface area contributed by atoms with Gasteiger partial charge in [-0.15, -0.1) is 12.4 Å². The molecule has 5 nitrogen and oxygen atoms in total. The van der Waals surface area contributed by atoms with Crippen molar-refractivity contribution in [2.24, 2.45) is 5.73 Å². The summed E-state index contributed by atoms with van der Waals surface area (Å²) in [7, 11) is 2.03. The summed E-state index contributed by atoms with van der Waals surface area (Å²) in [6.45, 7) is 2.22. The first-order valence-electron chi connectivity index (χ1n) is 6.72. The molecule has 0 amide bonds. The molecule has 0 bridgehead atoms. The molecule has 22 heavy (non-hydrogen) atoms. The van der Waals surface area contributed by atoms with Gasteiger partial charge in [-0.05, 0) is 13.1 Å². The third-order valence-corrected chi connectivity index (χ3v) is 3.34. The van der Waals surface area contributed by atoms with Gasteiger partial charge < -0.3 is 20.3 Å². The Bertz CT molecular complexity index is 479. The predicted octanol–water partition coefficient (Wildman–Crippen LogP) is 1.66. The minimum atomic E-state index is -4.37. The van der Waals surface area contributed by atoms with Gasteiger partial charge in [0, 0.05) is 44.4 Å². The maximum absolute atomic E-state index is 12.2. The average Bonchev–Trinajstić information content (AvgIpc) is 2.45. The average molecular weight is 341 g/mol. The predicted molar refractivity (Wildman–Crippen MR) is 80.6 cm³/mol. The monoisotopic (exact) mass is 340 g/mol. The van der Waals surface area contributed by atoms with E-state index in [0.29, 0.717) is 5.82 Å². The number of hydrogen-bond donors (Lipinski definition) is 1. The molecule has 0 saturated carbocycles. The summed E-state index contributed by atoms with van der Waals surface area (Å²) >= 11 is 0. The molecular weight excluding hydrogens is 321 g/mol. The van der Waals surface area contributed by atoms with Gasteiger partial charge in [-0.1, -0.05) is 0 Å². The van der Waals surface area contributed by atoms with Crippen LogP contribution in [0.25, 0.3) is 0 Å². The van der Waals surface area contributed by atoms with Crippen LogP contribution in [0, 0.1) is 0 Å². The summed E-state index contributed by atoms with van der Waals surface area (Å²) in [5, 5.41) is 0. The maximum atomic E-state index is 12.2. The lowest BCUT2D eigenvalue weighted by molar-refractivity contribution is -0.154. The number of piperazine rings is 1. The Morgan fingerprint density at radius 2 is 1.86 bits per heavy atom. The van der Waals surface area contributed by atoms with Crippen molar-refractivity contribution in [3.63, 3.8) is 0 Å². The summed E-state index contributed by atoms with van der Waals surface area (Å²) in [6.07, 6.45) is -4.37. The number of rotatable bonds is 4. The normalized spacial score (nSPS) is 16.3. The van der Waals surface area contributed by atoms with E-state index in [9.17, 15) is 13.2 Å². The van der Waals surface area contributed by atoms with Crippen LogP contribution in [0.5, 0.6) is 5.88 Å². The summed E-state index contributed by atoms with van der Waals surface area (Å²) in [5.41, 5.74) is 6.48. The summed E-state index contributed by atoms with van der Waals surface area (Å²) < 4.78 is 41.3. The highest BCUT2D eigenvalue weighted by molar-refractivity contribution is 5.85. The molecule has 9 heteroatoms. The Labute approximate surface area is 133 Å². The number of anilines is 1. The van der Waals surface area contributed by atoms with E-state index >= 15 is 0 Å². The lowest BCUT2D eigenvalue weighted by Gasteiger charge is -2.34. The Morgan fingerprint density at radius 1 is 1.23 bits per heavy atom. The van der Waals surface area contributed by atoms with Crippen LogP contribution in [0.1, 0.15) is 5.56 Å². The Morgan fingerprint density at radius 3 is 2.41 bits per heavy atom. The Balaban J connectivity index is 0.00000242. The van der Waals surface area contributed by atoms with Gasteiger partial charge in [0.25, 0.3) is 0 Å². The van der Waals surface area contributed by atoms with Crippen molar-refractivity contribution >= 4 is 18.2 Å². The Hall–Kier alpha value is -1.25. The molecule has 0 aromatic carbocycles. The first kappa shape index (κ1) is 18.8. The molecule has 1 saturated heterocycles. The fourth-order valence-electron chi connectivity index (χ4n) is 2.15. The van der Waals surface area contributed by atoms with Crippen molar-refractivity contribution < 1.29 is 17.9 Å². The highest BCUT2D eigenvalue weighted by Crippen LogP contribution is 2.24. The molecule has 0 spiro atoms. The fourth-order valence-corrected chi connectivity index (χ4v) is 2.15. The number of nitrogens with zero attached hydrogens (tertiary/aromatic N) is 3. The number of nitrogens with two attached hydrogens (primary N) is 1. The maximum Gasteiger partial charge on any atom is 0.422 e. The molecule has 0 aliphatic carbocycles. The van der Waals surface area contributed by atoms with E-state index in [4.69, 9.17) is 10.5 Å².